The second kappa shape index (κ2) is 5.80. The van der Waals surface area contributed by atoms with Crippen molar-refractivity contribution in [3.05, 3.63) is 15.5 Å². The Balaban J connectivity index is 2.18. The lowest BCUT2D eigenvalue weighted by atomic mass is 10.2. The molecule has 2 rings (SSSR count). The number of likely N-dealkylation sites (tertiary alicyclic amines) is 1. The van der Waals surface area contributed by atoms with Crippen LogP contribution in [0.5, 0.6) is 0 Å². The van der Waals surface area contributed by atoms with Crippen LogP contribution in [0.15, 0.2) is 6.20 Å². The maximum Gasteiger partial charge on any atom is 0.328 e. The highest BCUT2D eigenvalue weighted by molar-refractivity contribution is 7.16. The molecule has 0 radical (unpaired) electrons. The van der Waals surface area contributed by atoms with E-state index in [0.29, 0.717) is 9.34 Å². The first-order chi connectivity index (χ1) is 8.18. The maximum atomic E-state index is 11.4. The molecule has 1 atom stereocenters. The van der Waals surface area contributed by atoms with E-state index in [4.69, 9.17) is 11.6 Å². The van der Waals surface area contributed by atoms with Crippen molar-refractivity contribution in [1.29, 1.82) is 0 Å². The molecule has 0 bridgehead atoms. The number of aromatic nitrogens is 1. The third-order valence-electron chi connectivity index (χ3n) is 2.97. The number of aliphatic carboxylic acids is 1. The molecule has 94 valence electrons. The Kier molecular flexibility index (Phi) is 4.36. The van der Waals surface area contributed by atoms with Gasteiger partial charge in [0.15, 0.2) is 6.04 Å². The summed E-state index contributed by atoms with van der Waals surface area (Å²) < 4.78 is 0.543. The van der Waals surface area contributed by atoms with E-state index in [1.807, 2.05) is 4.90 Å². The molecule has 0 aromatic carbocycles. The largest absolute Gasteiger partial charge is 0.480 e. The summed E-state index contributed by atoms with van der Waals surface area (Å²) in [7, 11) is 0. The first-order valence-electron chi connectivity index (χ1n) is 5.76. The molecule has 4 nitrogen and oxygen atoms in total. The Labute approximate surface area is 109 Å². The van der Waals surface area contributed by atoms with Gasteiger partial charge in [0.25, 0.3) is 0 Å². The molecule has 0 aliphatic carbocycles. The highest BCUT2D eigenvalue weighted by Crippen LogP contribution is 2.29. The van der Waals surface area contributed by atoms with E-state index in [-0.39, 0.29) is 0 Å². The first kappa shape index (κ1) is 12.8. The lowest BCUT2D eigenvalue weighted by Gasteiger charge is -2.25. The van der Waals surface area contributed by atoms with Crippen molar-refractivity contribution in [2.24, 2.45) is 0 Å². The van der Waals surface area contributed by atoms with Gasteiger partial charge in [-0.05, 0) is 25.9 Å². The Morgan fingerprint density at radius 1 is 1.41 bits per heavy atom. The molecule has 1 fully saturated rings. The Morgan fingerprint density at radius 2 is 2.06 bits per heavy atom. The summed E-state index contributed by atoms with van der Waals surface area (Å²) in [5, 5.41) is 9.95. The number of thiazole rings is 1. The zero-order valence-electron chi connectivity index (χ0n) is 9.43. The van der Waals surface area contributed by atoms with Crippen molar-refractivity contribution >= 4 is 28.9 Å². The van der Waals surface area contributed by atoms with Crippen molar-refractivity contribution in [3.63, 3.8) is 0 Å². The lowest BCUT2D eigenvalue weighted by molar-refractivity contribution is -0.143. The molecule has 2 heterocycles. The van der Waals surface area contributed by atoms with E-state index in [2.05, 4.69) is 4.98 Å². The molecule has 0 amide bonds. The number of halogens is 1. The summed E-state index contributed by atoms with van der Waals surface area (Å²) >= 11 is 7.08. The molecule has 1 aromatic rings. The highest BCUT2D eigenvalue weighted by Gasteiger charge is 2.30. The molecule has 17 heavy (non-hydrogen) atoms. The Bertz CT molecular complexity index is 389. The second-order valence-electron chi connectivity index (χ2n) is 4.19. The van der Waals surface area contributed by atoms with Crippen LogP contribution in [0.4, 0.5) is 0 Å². The van der Waals surface area contributed by atoms with Crippen molar-refractivity contribution in [3.8, 4) is 0 Å². The molecular weight excluding hydrogens is 260 g/mol. The van der Waals surface area contributed by atoms with Gasteiger partial charge in [0.2, 0.25) is 0 Å². The molecule has 1 N–H and O–H groups in total. The van der Waals surface area contributed by atoms with Crippen LogP contribution in [-0.4, -0.2) is 34.0 Å². The molecule has 1 saturated heterocycles. The van der Waals surface area contributed by atoms with E-state index in [9.17, 15) is 9.90 Å². The average molecular weight is 275 g/mol. The number of hydrogen-bond acceptors (Lipinski definition) is 4. The molecule has 6 heteroatoms. The van der Waals surface area contributed by atoms with Crippen LogP contribution in [0.3, 0.4) is 0 Å². The fourth-order valence-corrected chi connectivity index (χ4v) is 3.22. The van der Waals surface area contributed by atoms with E-state index >= 15 is 0 Å². The van der Waals surface area contributed by atoms with Gasteiger partial charge in [-0.25, -0.2) is 4.98 Å². The normalized spacial score (nSPS) is 19.8. The van der Waals surface area contributed by atoms with Gasteiger partial charge in [0.1, 0.15) is 9.34 Å². The molecule has 0 spiro atoms. The smallest absolute Gasteiger partial charge is 0.328 e. The zero-order chi connectivity index (χ0) is 12.3. The van der Waals surface area contributed by atoms with Gasteiger partial charge in [0, 0.05) is 0 Å². The van der Waals surface area contributed by atoms with Crippen LogP contribution in [0.1, 0.15) is 36.7 Å². The second-order valence-corrected chi connectivity index (χ2v) is 5.89. The van der Waals surface area contributed by atoms with Gasteiger partial charge in [-0.15, -0.1) is 11.3 Å². The van der Waals surface area contributed by atoms with E-state index in [1.54, 1.807) is 0 Å². The van der Waals surface area contributed by atoms with Crippen molar-refractivity contribution in [1.82, 2.24) is 9.88 Å². The molecular formula is C11H15ClN2O2S. The quantitative estimate of drug-likeness (QED) is 0.921. The van der Waals surface area contributed by atoms with Crippen molar-refractivity contribution < 1.29 is 9.90 Å². The summed E-state index contributed by atoms with van der Waals surface area (Å²) in [6.45, 7) is 1.66. The van der Waals surface area contributed by atoms with E-state index in [0.717, 1.165) is 25.9 Å². The van der Waals surface area contributed by atoms with Gasteiger partial charge >= 0.3 is 5.97 Å². The van der Waals surface area contributed by atoms with Gasteiger partial charge in [-0.2, -0.15) is 0 Å². The monoisotopic (exact) mass is 274 g/mol. The Hall–Kier alpha value is -0.650. The predicted molar refractivity (Wildman–Crippen MR) is 67.5 cm³/mol. The summed E-state index contributed by atoms with van der Waals surface area (Å²) in [5.74, 6) is -0.835. The molecule has 1 aromatic heterocycles. The van der Waals surface area contributed by atoms with Crippen LogP contribution in [0, 0.1) is 0 Å². The first-order valence-corrected chi connectivity index (χ1v) is 6.96. The van der Waals surface area contributed by atoms with Gasteiger partial charge < -0.3 is 5.11 Å². The number of carbonyl (C=O) groups is 1. The number of rotatable bonds is 3. The third kappa shape index (κ3) is 3.18. The van der Waals surface area contributed by atoms with Gasteiger partial charge in [-0.3, -0.25) is 9.69 Å². The number of nitrogens with zero attached hydrogens (tertiary/aromatic N) is 2. The van der Waals surface area contributed by atoms with Crippen LogP contribution >= 0.6 is 22.9 Å². The van der Waals surface area contributed by atoms with E-state index in [1.165, 1.54) is 30.4 Å². The maximum absolute atomic E-state index is 11.4. The summed E-state index contributed by atoms with van der Waals surface area (Å²) in [6.07, 6.45) is 6.00. The fourth-order valence-electron chi connectivity index (χ4n) is 2.16. The molecule has 0 saturated carbocycles. The summed E-state index contributed by atoms with van der Waals surface area (Å²) in [4.78, 5) is 17.5. The number of carboxylic acid groups (broad SMARTS) is 1. The SMILES string of the molecule is O=C(O)C(c1ncc(Cl)s1)N1CCCCCC1. The topological polar surface area (TPSA) is 53.4 Å². The van der Waals surface area contributed by atoms with Gasteiger partial charge in [-0.1, -0.05) is 24.4 Å². The van der Waals surface area contributed by atoms with Crippen LogP contribution in [0.2, 0.25) is 4.34 Å². The minimum atomic E-state index is -0.835. The minimum absolute atomic E-state index is 0.543. The number of carboxylic acids is 1. The van der Waals surface area contributed by atoms with Crippen LogP contribution < -0.4 is 0 Å². The molecule has 1 aliphatic heterocycles. The molecule has 1 unspecified atom stereocenters. The fraction of sp³-hybridized carbons (Fsp3) is 0.636. The molecule has 1 aliphatic rings. The highest BCUT2D eigenvalue weighted by atomic mass is 35.5. The predicted octanol–water partition coefficient (Wildman–Crippen LogP) is 2.80. The minimum Gasteiger partial charge on any atom is -0.480 e. The standard InChI is InChI=1S/C11H15ClN2O2S/c12-8-7-13-10(17-8)9(11(15)16)14-5-3-1-2-4-6-14/h7,9H,1-6H2,(H,15,16). The van der Waals surface area contributed by atoms with Crippen LogP contribution in [-0.2, 0) is 4.79 Å². The van der Waals surface area contributed by atoms with Crippen molar-refractivity contribution in [2.75, 3.05) is 13.1 Å². The third-order valence-corrected chi connectivity index (χ3v) is 4.14. The van der Waals surface area contributed by atoms with E-state index < -0.39 is 12.0 Å². The average Bonchev–Trinajstić information content (AvgIpc) is 2.53. The summed E-state index contributed by atoms with van der Waals surface area (Å²) in [5.41, 5.74) is 0. The zero-order valence-corrected chi connectivity index (χ0v) is 11.0. The Morgan fingerprint density at radius 3 is 2.53 bits per heavy atom. The van der Waals surface area contributed by atoms with Crippen LogP contribution in [0.25, 0.3) is 0 Å². The van der Waals surface area contributed by atoms with Crippen molar-refractivity contribution in [2.45, 2.75) is 31.7 Å². The lowest BCUT2D eigenvalue weighted by Crippen LogP contribution is -2.34. The van der Waals surface area contributed by atoms with Gasteiger partial charge in [0.05, 0.1) is 6.20 Å². The summed E-state index contributed by atoms with van der Waals surface area (Å²) in [6, 6.07) is -0.634. The number of hydrogen-bond donors (Lipinski definition) is 1.